The van der Waals surface area contributed by atoms with E-state index in [1.54, 1.807) is 0 Å². The van der Waals surface area contributed by atoms with Crippen molar-refractivity contribution in [3.8, 4) is 0 Å². The Labute approximate surface area is 230 Å². The molecule has 0 amide bonds. The molecule has 0 fully saturated rings. The fraction of sp³-hybridized carbons (Fsp3) is 0.913. The van der Waals surface area contributed by atoms with Crippen molar-refractivity contribution in [3.63, 3.8) is 0 Å². The van der Waals surface area contributed by atoms with Gasteiger partial charge in [-0.1, -0.05) is 167 Å². The number of nitrogens with zero attached hydrogens (tertiary/aromatic N) is 3. The molecule has 3 nitrogen and oxygen atoms in total. The van der Waals surface area contributed by atoms with Crippen molar-refractivity contribution in [1.82, 2.24) is 0 Å². The van der Waals surface area contributed by atoms with E-state index in [4.69, 9.17) is 13.9 Å². The second-order valence-corrected chi connectivity index (χ2v) is 43.2. The van der Waals surface area contributed by atoms with Gasteiger partial charge in [0.2, 0.25) is 0 Å². The van der Waals surface area contributed by atoms with Crippen LogP contribution in [0.25, 0.3) is 13.9 Å². The number of hydrogen-bond acceptors (Lipinski definition) is 0. The third-order valence-electron chi connectivity index (χ3n) is 2.51. The summed E-state index contributed by atoms with van der Waals surface area (Å²) in [6.45, 7) is 48.6. The average Bonchev–Trinajstić information content (AvgIpc) is 2.27. The molecule has 0 atom stereocenters. The quantitative estimate of drug-likeness (QED) is 0.195. The molecule has 0 spiro atoms. The van der Waals surface area contributed by atoms with Gasteiger partial charge < -0.3 is 27.8 Å². The van der Waals surface area contributed by atoms with Crippen LogP contribution >= 0.6 is 0 Å². The Hall–Kier alpha value is 1.70. The number of hydrogen-bond donors (Lipinski definition) is 0. The van der Waals surface area contributed by atoms with E-state index in [-0.39, 0.29) is 17.1 Å². The Bertz CT molecular complexity index is 338. The molecule has 0 aromatic heterocycles. The first-order valence-corrected chi connectivity index (χ1v) is 33.0. The molecular weight excluding hydrogens is 543 g/mol. The van der Waals surface area contributed by atoms with E-state index in [2.05, 4.69) is 132 Å². The maximum atomic E-state index is 4.82. The Morgan fingerprint density at radius 1 is 0.364 bits per heavy atom. The van der Waals surface area contributed by atoms with Crippen molar-refractivity contribution in [2.75, 3.05) is 0 Å². The van der Waals surface area contributed by atoms with Crippen LogP contribution in [0.15, 0.2) is 0 Å². The average molecular weight is 607 g/mol. The summed E-state index contributed by atoms with van der Waals surface area (Å²) in [5.41, 5.74) is 0. The first-order valence-electron chi connectivity index (χ1n) is 12.3. The summed E-state index contributed by atoms with van der Waals surface area (Å²) in [6.07, 6.45) is 3.23. The van der Waals surface area contributed by atoms with Gasteiger partial charge in [0.15, 0.2) is 0 Å². The molecule has 1 radical (unpaired) electrons. The predicted octanol–water partition coefficient (Wildman–Crippen LogP) is 10.9. The van der Waals surface area contributed by atoms with Crippen LogP contribution in [0.4, 0.5) is 0 Å². The van der Waals surface area contributed by atoms with Gasteiger partial charge in [-0.3, -0.25) is 0 Å². The van der Waals surface area contributed by atoms with E-state index in [0.717, 1.165) is 12.8 Å². The Kier molecular flexibility index (Phi) is 25.5. The summed E-state index contributed by atoms with van der Waals surface area (Å²) < 4.78 is 14.5. The summed E-state index contributed by atoms with van der Waals surface area (Å²) in [5.74, 6) is 0. The first kappa shape index (κ1) is 44.7. The van der Waals surface area contributed by atoms with Gasteiger partial charge in [-0.05, 0) is 0 Å². The van der Waals surface area contributed by atoms with Crippen LogP contribution in [0.3, 0.4) is 0 Å². The van der Waals surface area contributed by atoms with Crippen molar-refractivity contribution in [2.45, 2.75) is 137 Å². The summed E-state index contributed by atoms with van der Waals surface area (Å²) >= 11 is 0. The minimum Gasteiger partial charge on any atom is -0.668 e. The van der Waals surface area contributed by atoms with Gasteiger partial charge in [-0.25, -0.2) is 0 Å². The van der Waals surface area contributed by atoms with Crippen LogP contribution in [0.1, 0.15) is 19.3 Å². The summed E-state index contributed by atoms with van der Waals surface area (Å²) in [6, 6.07) is 0. The molecule has 203 valence electrons. The van der Waals surface area contributed by atoms with E-state index in [1.165, 1.54) is 6.42 Å². The van der Waals surface area contributed by atoms with Gasteiger partial charge in [-0.15, -0.1) is 6.42 Å². The molecule has 0 bridgehead atoms. The fourth-order valence-electron chi connectivity index (χ4n) is 3.20. The predicted molar refractivity (Wildman–Crippen MR) is 175 cm³/mol. The zero-order chi connectivity index (χ0) is 27.2. The van der Waals surface area contributed by atoms with Gasteiger partial charge in [-0.2, -0.15) is 12.8 Å². The molecule has 0 saturated carbocycles. The number of rotatable bonds is 8. The Morgan fingerprint density at radius 2 is 0.485 bits per heavy atom. The van der Waals surface area contributed by atoms with Crippen molar-refractivity contribution in [2.24, 2.45) is 0 Å². The maximum absolute atomic E-state index is 4.82. The monoisotopic (exact) mass is 606 g/mol. The summed E-state index contributed by atoms with van der Waals surface area (Å²) in [5, 5.41) is 0. The zero-order valence-corrected chi connectivity index (χ0v) is 33.3. The third-order valence-corrected chi connectivity index (χ3v) is 18.6. The van der Waals surface area contributed by atoms with Crippen LogP contribution in [0.2, 0.25) is 118 Å². The van der Waals surface area contributed by atoms with Crippen molar-refractivity contribution >= 4 is 49.4 Å². The van der Waals surface area contributed by atoms with Gasteiger partial charge in [0.1, 0.15) is 0 Å². The second kappa shape index (κ2) is 18.9. The molecule has 0 rings (SSSR count). The minimum atomic E-state index is -1.11. The third kappa shape index (κ3) is 71.9. The smallest absolute Gasteiger partial charge is 0.668 e. The SMILES string of the molecule is C[Si](C)(C)[N-][Si](C)(C)C.C[Si](C)(C)[N-][Si](C)(C)C.C[Si](C)(C)[N-][Si](C)(C)C.[CH2-]CCC[CH2-].[Fe+5]. The fourth-order valence-corrected chi connectivity index (χ4v) is 27.3. The van der Waals surface area contributed by atoms with Crippen molar-refractivity contribution in [3.05, 3.63) is 27.8 Å². The van der Waals surface area contributed by atoms with E-state index in [1.807, 2.05) is 0 Å². The van der Waals surface area contributed by atoms with E-state index < -0.39 is 49.4 Å². The molecule has 10 heteroatoms. The molecule has 33 heavy (non-hydrogen) atoms. The van der Waals surface area contributed by atoms with Crippen LogP contribution in [0.5, 0.6) is 0 Å². The molecule has 0 aromatic rings. The van der Waals surface area contributed by atoms with Crippen molar-refractivity contribution < 1.29 is 17.1 Å². The molecule has 0 heterocycles. The normalized spacial score (nSPS) is 12.7. The molecule has 0 aliphatic rings. The molecule has 0 N–H and O–H groups in total. The topological polar surface area (TPSA) is 42.3 Å². The van der Waals surface area contributed by atoms with Crippen LogP contribution in [-0.4, -0.2) is 49.4 Å². The van der Waals surface area contributed by atoms with E-state index in [9.17, 15) is 0 Å². The van der Waals surface area contributed by atoms with Crippen LogP contribution in [0, 0.1) is 13.8 Å². The van der Waals surface area contributed by atoms with Gasteiger partial charge in [0, 0.05) is 0 Å². The van der Waals surface area contributed by atoms with Crippen LogP contribution < -0.4 is 0 Å². The summed E-state index contributed by atoms with van der Waals surface area (Å²) in [4.78, 5) is 0. The zero-order valence-electron chi connectivity index (χ0n) is 26.2. The second-order valence-electron chi connectivity index (χ2n) is 14.4. The van der Waals surface area contributed by atoms with E-state index in [0.29, 0.717) is 0 Å². The largest absolute Gasteiger partial charge is 5.00 e. The van der Waals surface area contributed by atoms with Gasteiger partial charge in [0.25, 0.3) is 0 Å². The minimum absolute atomic E-state index is 0. The van der Waals surface area contributed by atoms with Gasteiger partial charge >= 0.3 is 17.1 Å². The van der Waals surface area contributed by atoms with E-state index >= 15 is 0 Å². The molecule has 0 saturated heterocycles. The van der Waals surface area contributed by atoms with Gasteiger partial charge in [0.05, 0.1) is 0 Å². The van der Waals surface area contributed by atoms with Crippen LogP contribution in [-0.2, 0) is 17.1 Å². The standard InChI is InChI=1S/3C6H18NSi2.C5H10.Fe/c3*1-8(2,3)7-9(4,5)6;1-3-5-4-2;/h3*1-6H3;1-5H2;/q3*-1;-2;+5. The molecular formula is C23H64FeN3Si6. The Balaban J connectivity index is -0.000000107. The summed E-state index contributed by atoms with van der Waals surface area (Å²) in [7, 11) is -6.64. The molecule has 0 aliphatic heterocycles. The van der Waals surface area contributed by atoms with Crippen molar-refractivity contribution in [1.29, 1.82) is 0 Å². The first-order chi connectivity index (χ1) is 13.5. The molecule has 0 unspecified atom stereocenters. The Morgan fingerprint density at radius 3 is 0.485 bits per heavy atom. The maximum Gasteiger partial charge on any atom is 5.00 e. The molecule has 0 aromatic carbocycles. The molecule has 0 aliphatic carbocycles. The number of unbranched alkanes of at least 4 members (excludes halogenated alkanes) is 2.